The standard InChI is InChI=1S/C44H56N10O4/c1-51(2)23-19-45-35-17-15-31(39-37(35)41(55)29-11-7-9-13-33(29)49-39)43(57)47-21-25-53(5)27-28-54(6)26-22-48-44(58)32-16-18-36(46-20-24-52(3)4)38-40(32)50-34-14-10-8-12-30(34)42(38)56/h7-18,45-46H,19-28H2,1-6H3,(H,47,57)(H,48,58)(H,49,55)(H,50,56). The van der Waals surface area contributed by atoms with Crippen LogP contribution in [0.2, 0.25) is 0 Å². The van der Waals surface area contributed by atoms with Crippen molar-refractivity contribution in [1.29, 1.82) is 0 Å². The van der Waals surface area contributed by atoms with Gasteiger partial charge in [0.05, 0.1) is 32.9 Å². The van der Waals surface area contributed by atoms with Gasteiger partial charge >= 0.3 is 0 Å². The fraction of sp³-hybridized carbons (Fsp3) is 0.364. The van der Waals surface area contributed by atoms with Crippen LogP contribution in [0, 0.1) is 0 Å². The van der Waals surface area contributed by atoms with Gasteiger partial charge in [0.25, 0.3) is 11.8 Å². The maximum absolute atomic E-state index is 13.7. The molecule has 0 aliphatic heterocycles. The lowest BCUT2D eigenvalue weighted by Gasteiger charge is -2.22. The van der Waals surface area contributed by atoms with Crippen LogP contribution in [0.4, 0.5) is 11.4 Å². The third-order valence-electron chi connectivity index (χ3n) is 10.4. The van der Waals surface area contributed by atoms with E-state index in [1.54, 1.807) is 24.3 Å². The van der Waals surface area contributed by atoms with Gasteiger partial charge in [-0.1, -0.05) is 24.3 Å². The van der Waals surface area contributed by atoms with E-state index in [0.29, 0.717) is 105 Å². The zero-order chi connectivity index (χ0) is 41.3. The Morgan fingerprint density at radius 2 is 0.897 bits per heavy atom. The first-order valence-corrected chi connectivity index (χ1v) is 19.8. The first-order valence-electron chi connectivity index (χ1n) is 19.8. The average Bonchev–Trinajstić information content (AvgIpc) is 3.19. The van der Waals surface area contributed by atoms with Crippen molar-refractivity contribution in [3.63, 3.8) is 0 Å². The number of aromatic nitrogens is 2. The Kier molecular flexibility index (Phi) is 13.8. The lowest BCUT2D eigenvalue weighted by molar-refractivity contribution is 0.0940. The molecule has 2 heterocycles. The molecule has 0 radical (unpaired) electrons. The number of nitrogens with zero attached hydrogens (tertiary/aromatic N) is 4. The van der Waals surface area contributed by atoms with Crippen molar-refractivity contribution in [1.82, 2.24) is 40.2 Å². The second-order valence-corrected chi connectivity index (χ2v) is 15.4. The van der Waals surface area contributed by atoms with Gasteiger partial charge in [0.1, 0.15) is 0 Å². The normalized spacial score (nSPS) is 11.8. The number of benzene rings is 4. The molecule has 6 rings (SSSR count). The quantitative estimate of drug-likeness (QED) is 0.0670. The molecular formula is C44H56N10O4. The number of para-hydroxylation sites is 2. The zero-order valence-electron chi connectivity index (χ0n) is 34.4. The average molecular weight is 789 g/mol. The van der Waals surface area contributed by atoms with Crippen LogP contribution in [-0.4, -0.2) is 149 Å². The smallest absolute Gasteiger partial charge is 0.253 e. The molecule has 0 saturated carbocycles. The van der Waals surface area contributed by atoms with Gasteiger partial charge in [0.2, 0.25) is 0 Å². The highest BCUT2D eigenvalue weighted by atomic mass is 16.2. The van der Waals surface area contributed by atoms with E-state index in [9.17, 15) is 19.2 Å². The van der Waals surface area contributed by atoms with Crippen LogP contribution >= 0.6 is 0 Å². The second-order valence-electron chi connectivity index (χ2n) is 15.4. The molecule has 0 unspecified atom stereocenters. The lowest BCUT2D eigenvalue weighted by Crippen LogP contribution is -2.39. The molecule has 6 N–H and O–H groups in total. The van der Waals surface area contributed by atoms with E-state index in [1.807, 2.05) is 90.8 Å². The predicted octanol–water partition coefficient (Wildman–Crippen LogP) is 3.65. The van der Waals surface area contributed by atoms with Gasteiger partial charge in [0, 0.05) is 98.6 Å². The Morgan fingerprint density at radius 1 is 0.500 bits per heavy atom. The summed E-state index contributed by atoms with van der Waals surface area (Å²) in [6.07, 6.45) is 0. The minimum absolute atomic E-state index is 0.119. The van der Waals surface area contributed by atoms with Crippen LogP contribution in [0.25, 0.3) is 43.6 Å². The van der Waals surface area contributed by atoms with E-state index in [4.69, 9.17) is 0 Å². The van der Waals surface area contributed by atoms with E-state index in [-0.39, 0.29) is 22.7 Å². The zero-order valence-corrected chi connectivity index (χ0v) is 34.4. The molecule has 0 spiro atoms. The number of likely N-dealkylation sites (N-methyl/N-ethyl adjacent to an activating group) is 4. The molecule has 2 amide bonds. The lowest BCUT2D eigenvalue weighted by atomic mass is 10.0. The van der Waals surface area contributed by atoms with Crippen LogP contribution in [0.3, 0.4) is 0 Å². The number of H-pyrrole nitrogens is 2. The third-order valence-corrected chi connectivity index (χ3v) is 10.4. The van der Waals surface area contributed by atoms with Crippen LogP contribution < -0.4 is 32.1 Å². The van der Waals surface area contributed by atoms with Gasteiger partial charge in [0.15, 0.2) is 10.9 Å². The van der Waals surface area contributed by atoms with Crippen molar-refractivity contribution in [2.75, 3.05) is 118 Å². The Morgan fingerprint density at radius 3 is 1.29 bits per heavy atom. The first-order chi connectivity index (χ1) is 27.9. The van der Waals surface area contributed by atoms with Gasteiger partial charge in [-0.3, -0.25) is 19.2 Å². The van der Waals surface area contributed by atoms with Crippen molar-refractivity contribution in [2.45, 2.75) is 0 Å². The van der Waals surface area contributed by atoms with Crippen molar-refractivity contribution in [2.24, 2.45) is 0 Å². The van der Waals surface area contributed by atoms with Gasteiger partial charge < -0.3 is 50.8 Å². The van der Waals surface area contributed by atoms with Crippen LogP contribution in [-0.2, 0) is 0 Å². The van der Waals surface area contributed by atoms with Crippen LogP contribution in [0.5, 0.6) is 0 Å². The number of aromatic amines is 2. The molecule has 58 heavy (non-hydrogen) atoms. The molecule has 0 atom stereocenters. The number of rotatable bonds is 19. The number of hydrogen-bond acceptors (Lipinski definition) is 10. The van der Waals surface area contributed by atoms with Crippen LogP contribution in [0.15, 0.2) is 82.4 Å². The van der Waals surface area contributed by atoms with E-state index >= 15 is 0 Å². The Bertz CT molecular complexity index is 2350. The second kappa shape index (κ2) is 19.1. The summed E-state index contributed by atoms with van der Waals surface area (Å²) < 4.78 is 0. The summed E-state index contributed by atoms with van der Waals surface area (Å²) >= 11 is 0. The number of hydrogen-bond donors (Lipinski definition) is 6. The van der Waals surface area contributed by atoms with Gasteiger partial charge in [-0.15, -0.1) is 0 Å². The Balaban J connectivity index is 1.02. The van der Waals surface area contributed by atoms with Gasteiger partial charge in [-0.2, -0.15) is 0 Å². The molecule has 0 fully saturated rings. The predicted molar refractivity (Wildman–Crippen MR) is 238 cm³/mol. The highest BCUT2D eigenvalue weighted by Crippen LogP contribution is 2.27. The molecule has 14 heteroatoms. The summed E-state index contributed by atoms with van der Waals surface area (Å²) in [5.41, 5.74) is 4.37. The van der Waals surface area contributed by atoms with E-state index < -0.39 is 0 Å². The third kappa shape index (κ3) is 9.83. The van der Waals surface area contributed by atoms with Crippen molar-refractivity contribution in [3.05, 3.63) is 104 Å². The molecule has 0 aliphatic rings. The number of carbonyl (C=O) groups is 2. The highest BCUT2D eigenvalue weighted by Gasteiger charge is 2.19. The maximum Gasteiger partial charge on any atom is 0.253 e. The van der Waals surface area contributed by atoms with E-state index in [1.165, 1.54) is 0 Å². The van der Waals surface area contributed by atoms with Crippen molar-refractivity contribution in [3.8, 4) is 0 Å². The summed E-state index contributed by atoms with van der Waals surface area (Å²) in [6.45, 7) is 6.47. The molecule has 2 aromatic heterocycles. The summed E-state index contributed by atoms with van der Waals surface area (Å²) in [5.74, 6) is -0.505. The molecule has 306 valence electrons. The largest absolute Gasteiger partial charge is 0.383 e. The van der Waals surface area contributed by atoms with Gasteiger partial charge in [-0.25, -0.2) is 0 Å². The molecule has 6 aromatic rings. The SMILES string of the molecule is CN(C)CCNc1ccc(C(=O)NCCN(C)CCN(C)CCNC(=O)c2ccc(NCCN(C)C)c3c(=O)c4ccccc4[nH]c23)c2[nH]c3ccccc3c(=O)c12. The number of amides is 2. The van der Waals surface area contributed by atoms with Crippen molar-refractivity contribution >= 4 is 66.8 Å². The number of carbonyl (C=O) groups excluding carboxylic acids is 2. The summed E-state index contributed by atoms with van der Waals surface area (Å²) in [6, 6.07) is 21.9. The summed E-state index contributed by atoms with van der Waals surface area (Å²) in [7, 11) is 12.0. The number of nitrogens with one attached hydrogen (secondary N) is 6. The molecule has 14 nitrogen and oxygen atoms in total. The van der Waals surface area contributed by atoms with Crippen molar-refractivity contribution < 1.29 is 9.59 Å². The summed E-state index contributed by atoms with van der Waals surface area (Å²) in [5, 5.41) is 14.9. The fourth-order valence-corrected chi connectivity index (χ4v) is 7.03. The number of fused-ring (bicyclic) bond motifs is 4. The minimum atomic E-state index is -0.252. The van der Waals surface area contributed by atoms with E-state index in [0.717, 1.165) is 26.2 Å². The topological polar surface area (TPSA) is 161 Å². The number of pyridine rings is 2. The minimum Gasteiger partial charge on any atom is -0.383 e. The number of anilines is 2. The monoisotopic (exact) mass is 788 g/mol. The molecular weight excluding hydrogens is 733 g/mol. The highest BCUT2D eigenvalue weighted by molar-refractivity contribution is 6.12. The molecule has 0 bridgehead atoms. The van der Waals surface area contributed by atoms with Crippen LogP contribution in [0.1, 0.15) is 20.7 Å². The first kappa shape index (κ1) is 41.8. The fourth-order valence-electron chi connectivity index (χ4n) is 7.03. The summed E-state index contributed by atoms with van der Waals surface area (Å²) in [4.78, 5) is 69.5. The Labute approximate surface area is 338 Å². The molecule has 4 aromatic carbocycles. The van der Waals surface area contributed by atoms with Gasteiger partial charge in [-0.05, 0) is 90.8 Å². The van der Waals surface area contributed by atoms with E-state index in [2.05, 4.69) is 50.8 Å². The molecule has 0 saturated heterocycles. The molecule has 0 aliphatic carbocycles. The maximum atomic E-state index is 13.7. The Hall–Kier alpha value is -5.80.